The molecule has 1 amide bonds. The number of amides is 1. The van der Waals surface area contributed by atoms with E-state index in [9.17, 15) is 33.4 Å². The van der Waals surface area contributed by atoms with E-state index in [1.165, 1.54) is 42.7 Å². The van der Waals surface area contributed by atoms with E-state index in [2.05, 4.69) is 20.0 Å². The molecule has 0 unspecified atom stereocenters. The summed E-state index contributed by atoms with van der Waals surface area (Å²) in [5.74, 6) is -0.967. The van der Waals surface area contributed by atoms with Crippen LogP contribution in [-0.4, -0.2) is 34.1 Å². The van der Waals surface area contributed by atoms with Crippen LogP contribution in [0.15, 0.2) is 65.8 Å². The van der Waals surface area contributed by atoms with Gasteiger partial charge in [0, 0.05) is 30.2 Å². The summed E-state index contributed by atoms with van der Waals surface area (Å²) in [5, 5.41) is 24.3. The van der Waals surface area contributed by atoms with E-state index in [1.54, 1.807) is 0 Å². The molecule has 14 heteroatoms. The van der Waals surface area contributed by atoms with Gasteiger partial charge in [0.25, 0.3) is 27.3 Å². The summed E-state index contributed by atoms with van der Waals surface area (Å²) < 4.78 is 26.9. The van der Waals surface area contributed by atoms with Gasteiger partial charge in [-0.1, -0.05) is 0 Å². The zero-order valence-electron chi connectivity index (χ0n) is 15.3. The molecule has 0 aliphatic heterocycles. The van der Waals surface area contributed by atoms with Gasteiger partial charge in [-0.15, -0.1) is 0 Å². The van der Waals surface area contributed by atoms with E-state index in [-0.39, 0.29) is 22.1 Å². The Morgan fingerprint density at radius 3 is 1.97 bits per heavy atom. The van der Waals surface area contributed by atoms with Gasteiger partial charge in [0.05, 0.1) is 26.4 Å². The minimum Gasteiger partial charge on any atom is -0.322 e. The van der Waals surface area contributed by atoms with Crippen molar-refractivity contribution in [1.82, 2.24) is 9.97 Å². The molecule has 1 aromatic heterocycles. The Labute approximate surface area is 174 Å². The molecule has 1 heterocycles. The van der Waals surface area contributed by atoms with Gasteiger partial charge in [-0.2, -0.15) is 0 Å². The number of hydrogen-bond donors (Lipinski definition) is 2. The Morgan fingerprint density at radius 1 is 0.903 bits per heavy atom. The first-order valence-corrected chi connectivity index (χ1v) is 9.79. The smallest absolute Gasteiger partial charge is 0.277 e. The van der Waals surface area contributed by atoms with Crippen LogP contribution in [0, 0.1) is 20.2 Å². The van der Waals surface area contributed by atoms with E-state index in [4.69, 9.17) is 0 Å². The van der Waals surface area contributed by atoms with Gasteiger partial charge >= 0.3 is 0 Å². The van der Waals surface area contributed by atoms with Crippen LogP contribution in [0.4, 0.5) is 23.0 Å². The standard InChI is InChI=1S/C17H12N6O7S/c24-16(11-8-13(22(25)26)10-14(9-11)23(27)28)20-12-2-4-15(5-3-12)31(29,30)21-17-18-6-1-7-19-17/h1-10H,(H,20,24)(H,18,19,21). The number of anilines is 2. The summed E-state index contributed by atoms with van der Waals surface area (Å²) in [4.78, 5) is 40.0. The van der Waals surface area contributed by atoms with E-state index in [0.29, 0.717) is 0 Å². The largest absolute Gasteiger partial charge is 0.322 e. The normalized spacial score (nSPS) is 10.8. The molecule has 0 radical (unpaired) electrons. The Morgan fingerprint density at radius 2 is 1.45 bits per heavy atom. The Kier molecular flexibility index (Phi) is 5.83. The van der Waals surface area contributed by atoms with Gasteiger partial charge in [-0.3, -0.25) is 25.0 Å². The maximum Gasteiger partial charge on any atom is 0.277 e. The van der Waals surface area contributed by atoms with Crippen molar-refractivity contribution in [2.75, 3.05) is 10.0 Å². The van der Waals surface area contributed by atoms with Gasteiger partial charge in [0.15, 0.2) is 0 Å². The van der Waals surface area contributed by atoms with Crippen molar-refractivity contribution in [2.24, 2.45) is 0 Å². The highest BCUT2D eigenvalue weighted by atomic mass is 32.2. The maximum absolute atomic E-state index is 12.4. The predicted octanol–water partition coefficient (Wildman–Crippen LogP) is 2.35. The minimum atomic E-state index is -3.98. The van der Waals surface area contributed by atoms with Crippen molar-refractivity contribution in [3.8, 4) is 0 Å². The highest BCUT2D eigenvalue weighted by molar-refractivity contribution is 7.92. The lowest BCUT2D eigenvalue weighted by Gasteiger charge is -2.08. The molecule has 3 rings (SSSR count). The van der Waals surface area contributed by atoms with Crippen LogP contribution in [0.3, 0.4) is 0 Å². The number of non-ortho nitro benzene ring substituents is 2. The number of sulfonamides is 1. The third kappa shape index (κ3) is 5.13. The highest BCUT2D eigenvalue weighted by Crippen LogP contribution is 2.24. The average molecular weight is 444 g/mol. The highest BCUT2D eigenvalue weighted by Gasteiger charge is 2.20. The second kappa shape index (κ2) is 8.50. The Hall–Kier alpha value is -4.46. The van der Waals surface area contributed by atoms with E-state index in [1.807, 2.05) is 0 Å². The number of rotatable bonds is 7. The van der Waals surface area contributed by atoms with E-state index >= 15 is 0 Å². The van der Waals surface area contributed by atoms with Crippen molar-refractivity contribution in [3.63, 3.8) is 0 Å². The molecule has 0 atom stereocenters. The lowest BCUT2D eigenvalue weighted by molar-refractivity contribution is -0.394. The summed E-state index contributed by atoms with van der Waals surface area (Å²) in [6.07, 6.45) is 2.73. The molecule has 31 heavy (non-hydrogen) atoms. The minimum absolute atomic E-state index is 0.118. The zero-order valence-corrected chi connectivity index (χ0v) is 16.1. The number of nitrogens with zero attached hydrogens (tertiary/aromatic N) is 4. The number of nitro benzene ring substituents is 2. The van der Waals surface area contributed by atoms with E-state index in [0.717, 1.165) is 18.2 Å². The summed E-state index contributed by atoms with van der Waals surface area (Å²) in [6.45, 7) is 0. The monoisotopic (exact) mass is 444 g/mol. The van der Waals surface area contributed by atoms with Crippen molar-refractivity contribution in [2.45, 2.75) is 4.90 Å². The molecule has 2 aromatic carbocycles. The molecular weight excluding hydrogens is 432 g/mol. The third-order valence-corrected chi connectivity index (χ3v) is 5.14. The van der Waals surface area contributed by atoms with Crippen LogP contribution in [-0.2, 0) is 10.0 Å². The molecule has 0 fully saturated rings. The van der Waals surface area contributed by atoms with Crippen molar-refractivity contribution >= 4 is 38.9 Å². The summed E-state index contributed by atoms with van der Waals surface area (Å²) in [5.41, 5.74) is -1.38. The third-order valence-electron chi connectivity index (χ3n) is 3.80. The number of aromatic nitrogens is 2. The summed E-state index contributed by atoms with van der Waals surface area (Å²) in [6, 6.07) is 9.02. The first kappa shape index (κ1) is 21.3. The average Bonchev–Trinajstić information content (AvgIpc) is 2.74. The fourth-order valence-corrected chi connectivity index (χ4v) is 3.35. The molecule has 13 nitrogen and oxygen atoms in total. The molecule has 158 valence electrons. The number of nitro groups is 2. The number of carbonyl (C=O) groups is 1. The van der Waals surface area contributed by atoms with E-state index < -0.39 is 37.2 Å². The molecule has 0 bridgehead atoms. The first-order valence-electron chi connectivity index (χ1n) is 8.31. The van der Waals surface area contributed by atoms with Crippen LogP contribution in [0.1, 0.15) is 10.4 Å². The zero-order chi connectivity index (χ0) is 22.6. The summed E-state index contributed by atoms with van der Waals surface area (Å²) in [7, 11) is -3.98. The van der Waals surface area contributed by atoms with Crippen LogP contribution in [0.25, 0.3) is 0 Å². The van der Waals surface area contributed by atoms with Crippen molar-refractivity contribution in [1.29, 1.82) is 0 Å². The molecule has 3 aromatic rings. The SMILES string of the molecule is O=C(Nc1ccc(S(=O)(=O)Nc2ncccn2)cc1)c1cc([N+](=O)[O-])cc([N+](=O)[O-])c1. The first-order chi connectivity index (χ1) is 14.7. The fraction of sp³-hybridized carbons (Fsp3) is 0. The fourth-order valence-electron chi connectivity index (χ4n) is 2.39. The lowest BCUT2D eigenvalue weighted by atomic mass is 10.1. The number of benzene rings is 2. The Balaban J connectivity index is 1.79. The summed E-state index contributed by atoms with van der Waals surface area (Å²) >= 11 is 0. The van der Waals surface area contributed by atoms with Crippen LogP contribution in [0.2, 0.25) is 0 Å². The van der Waals surface area contributed by atoms with Gasteiger partial charge < -0.3 is 5.32 Å². The molecule has 0 saturated carbocycles. The van der Waals surface area contributed by atoms with Crippen molar-refractivity contribution in [3.05, 3.63) is 86.7 Å². The van der Waals surface area contributed by atoms with Crippen LogP contribution < -0.4 is 10.0 Å². The van der Waals surface area contributed by atoms with Crippen molar-refractivity contribution < 1.29 is 23.1 Å². The number of hydrogen-bond acceptors (Lipinski definition) is 9. The number of carbonyl (C=O) groups excluding carboxylic acids is 1. The molecule has 2 N–H and O–H groups in total. The second-order valence-corrected chi connectivity index (χ2v) is 7.59. The van der Waals surface area contributed by atoms with Gasteiger partial charge in [0.1, 0.15) is 0 Å². The molecule has 0 saturated heterocycles. The Bertz CT molecular complexity index is 1230. The van der Waals surface area contributed by atoms with Gasteiger partial charge in [0.2, 0.25) is 5.95 Å². The molecule has 0 aliphatic carbocycles. The topological polar surface area (TPSA) is 187 Å². The van der Waals surface area contributed by atoms with Crippen LogP contribution >= 0.6 is 0 Å². The van der Waals surface area contributed by atoms with Gasteiger partial charge in [-0.05, 0) is 30.3 Å². The maximum atomic E-state index is 12.4. The number of nitrogens with one attached hydrogen (secondary N) is 2. The van der Waals surface area contributed by atoms with Crippen LogP contribution in [0.5, 0.6) is 0 Å². The quantitative estimate of drug-likeness (QED) is 0.407. The second-order valence-electron chi connectivity index (χ2n) is 5.91. The predicted molar refractivity (Wildman–Crippen MR) is 107 cm³/mol. The molecular formula is C17H12N6O7S. The van der Waals surface area contributed by atoms with Gasteiger partial charge in [-0.25, -0.2) is 23.1 Å². The lowest BCUT2D eigenvalue weighted by Crippen LogP contribution is -2.15. The molecule has 0 aliphatic rings. The molecule has 0 spiro atoms.